The van der Waals surface area contributed by atoms with E-state index in [1.54, 1.807) is 0 Å². The zero-order valence-electron chi connectivity index (χ0n) is 10.1. The van der Waals surface area contributed by atoms with Crippen molar-refractivity contribution in [2.75, 3.05) is 0 Å². The Morgan fingerprint density at radius 2 is 2.11 bits per heavy atom. The highest BCUT2D eigenvalue weighted by atomic mass is 32.1. The minimum atomic E-state index is -0.0762. The Labute approximate surface area is 110 Å². The smallest absolute Gasteiger partial charge is 0.0957 e. The molecule has 0 saturated heterocycles. The van der Waals surface area contributed by atoms with Gasteiger partial charge in [0.1, 0.15) is 0 Å². The summed E-state index contributed by atoms with van der Waals surface area (Å²) in [6, 6.07) is 2.68. The fourth-order valence-corrected chi connectivity index (χ4v) is 4.58. The van der Waals surface area contributed by atoms with Crippen molar-refractivity contribution < 1.29 is 5.11 Å². The first-order valence-electron chi connectivity index (χ1n) is 6.62. The summed E-state index contributed by atoms with van der Waals surface area (Å²) < 4.78 is 2.34. The molecule has 94 valence electrons. The lowest BCUT2D eigenvalue weighted by Gasteiger charge is -2.30. The predicted octanol–water partition coefficient (Wildman–Crippen LogP) is 3.07. The molecule has 1 aliphatic heterocycles. The van der Waals surface area contributed by atoms with Crippen molar-refractivity contribution in [2.45, 2.75) is 37.8 Å². The van der Waals surface area contributed by atoms with Crippen LogP contribution in [-0.4, -0.2) is 20.8 Å². The lowest BCUT2D eigenvalue weighted by Crippen LogP contribution is -2.25. The third kappa shape index (κ3) is 1.42. The first-order chi connectivity index (χ1) is 8.84. The zero-order chi connectivity index (χ0) is 12.1. The molecule has 0 unspecified atom stereocenters. The van der Waals surface area contributed by atoms with Gasteiger partial charge in [-0.15, -0.1) is 11.3 Å². The molecule has 4 rings (SSSR count). The van der Waals surface area contributed by atoms with Gasteiger partial charge in [0, 0.05) is 10.4 Å². The Balaban J connectivity index is 1.74. The van der Waals surface area contributed by atoms with Gasteiger partial charge in [-0.25, -0.2) is 4.98 Å². The van der Waals surface area contributed by atoms with Crippen LogP contribution in [0.5, 0.6) is 0 Å². The number of hydrogen-bond acceptors (Lipinski definition) is 3. The largest absolute Gasteiger partial charge is 0.393 e. The van der Waals surface area contributed by atoms with E-state index in [-0.39, 0.29) is 6.10 Å². The molecule has 2 aromatic heterocycles. The van der Waals surface area contributed by atoms with Crippen molar-refractivity contribution in [3.05, 3.63) is 28.8 Å². The average Bonchev–Trinajstić information content (AvgIpc) is 3.03. The Morgan fingerprint density at radius 1 is 1.28 bits per heavy atom. The van der Waals surface area contributed by atoms with Crippen molar-refractivity contribution >= 4 is 11.3 Å². The third-order valence-corrected chi connectivity index (χ3v) is 5.38. The number of hydrogen-bond donors (Lipinski definition) is 1. The quantitative estimate of drug-likeness (QED) is 0.855. The van der Waals surface area contributed by atoms with Crippen LogP contribution in [0.3, 0.4) is 0 Å². The average molecular weight is 260 g/mol. The lowest BCUT2D eigenvalue weighted by atomic mass is 9.82. The van der Waals surface area contributed by atoms with E-state index in [9.17, 15) is 5.11 Å². The summed E-state index contributed by atoms with van der Waals surface area (Å²) in [5.41, 5.74) is 2.64. The SMILES string of the molecule is O[C@H]1CC[C@@H]([C@H]2c3sccc3-c3cncn32)CC1. The molecule has 0 spiro atoms. The molecule has 1 aliphatic carbocycles. The molecule has 4 heteroatoms. The zero-order valence-corrected chi connectivity index (χ0v) is 10.9. The monoisotopic (exact) mass is 260 g/mol. The molecule has 0 bridgehead atoms. The van der Waals surface area contributed by atoms with Crippen LogP contribution in [0, 0.1) is 5.92 Å². The summed E-state index contributed by atoms with van der Waals surface area (Å²) in [4.78, 5) is 5.79. The van der Waals surface area contributed by atoms with Crippen molar-refractivity contribution in [3.63, 3.8) is 0 Å². The number of aromatic nitrogens is 2. The highest BCUT2D eigenvalue weighted by molar-refractivity contribution is 7.10. The first-order valence-corrected chi connectivity index (χ1v) is 7.50. The maximum absolute atomic E-state index is 9.66. The fourth-order valence-electron chi connectivity index (χ4n) is 3.48. The number of rotatable bonds is 1. The van der Waals surface area contributed by atoms with Gasteiger partial charge < -0.3 is 9.67 Å². The maximum Gasteiger partial charge on any atom is 0.0957 e. The molecule has 1 atom stereocenters. The molecule has 3 nitrogen and oxygen atoms in total. The summed E-state index contributed by atoms with van der Waals surface area (Å²) in [6.45, 7) is 0. The second-order valence-electron chi connectivity index (χ2n) is 5.40. The van der Waals surface area contributed by atoms with Crippen LogP contribution in [0.1, 0.15) is 36.6 Å². The number of aliphatic hydroxyl groups is 1. The van der Waals surface area contributed by atoms with E-state index in [1.807, 2.05) is 23.9 Å². The van der Waals surface area contributed by atoms with E-state index in [0.29, 0.717) is 12.0 Å². The molecule has 1 fully saturated rings. The van der Waals surface area contributed by atoms with Gasteiger partial charge >= 0.3 is 0 Å². The van der Waals surface area contributed by atoms with E-state index in [4.69, 9.17) is 0 Å². The first kappa shape index (κ1) is 10.8. The maximum atomic E-state index is 9.66. The normalized spacial score (nSPS) is 30.2. The van der Waals surface area contributed by atoms with Crippen molar-refractivity contribution in [2.24, 2.45) is 5.92 Å². The minimum absolute atomic E-state index is 0.0762. The van der Waals surface area contributed by atoms with Crippen LogP contribution in [0.2, 0.25) is 0 Å². The molecule has 2 aliphatic rings. The summed E-state index contributed by atoms with van der Waals surface area (Å²) >= 11 is 1.86. The standard InChI is InChI=1S/C14H16N2OS/c17-10-3-1-9(2-4-10)13-14-11(5-6-18-14)12-7-15-8-16(12)13/h5-10,13,17H,1-4H2/t9-,10+,13-/m0/s1. The molecule has 0 aromatic carbocycles. The summed E-state index contributed by atoms with van der Waals surface area (Å²) in [6.07, 6.45) is 8.02. The molecule has 1 saturated carbocycles. The van der Waals surface area contributed by atoms with E-state index in [2.05, 4.69) is 21.0 Å². The second-order valence-corrected chi connectivity index (χ2v) is 6.35. The molecule has 1 N–H and O–H groups in total. The van der Waals surface area contributed by atoms with E-state index >= 15 is 0 Å². The van der Waals surface area contributed by atoms with E-state index in [0.717, 1.165) is 25.7 Å². The van der Waals surface area contributed by atoms with Crippen LogP contribution >= 0.6 is 11.3 Å². The van der Waals surface area contributed by atoms with Gasteiger partial charge in [-0.05, 0) is 43.0 Å². The van der Waals surface area contributed by atoms with Gasteiger partial charge in [0.15, 0.2) is 0 Å². The summed E-state index contributed by atoms with van der Waals surface area (Å²) in [7, 11) is 0. The molecular weight excluding hydrogens is 244 g/mol. The van der Waals surface area contributed by atoms with Crippen LogP contribution in [-0.2, 0) is 0 Å². The van der Waals surface area contributed by atoms with Gasteiger partial charge in [-0.2, -0.15) is 0 Å². The second kappa shape index (κ2) is 3.93. The number of nitrogens with zero attached hydrogens (tertiary/aromatic N) is 2. The van der Waals surface area contributed by atoms with Crippen LogP contribution in [0.15, 0.2) is 24.0 Å². The Morgan fingerprint density at radius 3 is 2.94 bits per heavy atom. The number of fused-ring (bicyclic) bond motifs is 3. The van der Waals surface area contributed by atoms with Gasteiger partial charge in [0.25, 0.3) is 0 Å². The summed E-state index contributed by atoms with van der Waals surface area (Å²) in [5.74, 6) is 0.654. The molecule has 0 radical (unpaired) electrons. The van der Waals surface area contributed by atoms with Gasteiger partial charge in [0.05, 0.1) is 30.4 Å². The van der Waals surface area contributed by atoms with E-state index in [1.165, 1.54) is 16.1 Å². The third-order valence-electron chi connectivity index (χ3n) is 4.39. The molecule has 0 amide bonds. The van der Waals surface area contributed by atoms with Crippen molar-refractivity contribution in [1.29, 1.82) is 0 Å². The van der Waals surface area contributed by atoms with Crippen molar-refractivity contribution in [3.8, 4) is 11.3 Å². The Hall–Kier alpha value is -1.13. The van der Waals surface area contributed by atoms with Gasteiger partial charge in [-0.1, -0.05) is 0 Å². The van der Waals surface area contributed by atoms with E-state index < -0.39 is 0 Å². The Kier molecular flexibility index (Phi) is 2.35. The number of imidazole rings is 1. The lowest BCUT2D eigenvalue weighted by molar-refractivity contribution is 0.0991. The molecular formula is C14H16N2OS. The highest BCUT2D eigenvalue weighted by Gasteiger charge is 2.36. The molecule has 3 heterocycles. The van der Waals surface area contributed by atoms with Crippen LogP contribution in [0.4, 0.5) is 0 Å². The van der Waals surface area contributed by atoms with Gasteiger partial charge in [0.2, 0.25) is 0 Å². The molecule has 2 aromatic rings. The topological polar surface area (TPSA) is 38.1 Å². The van der Waals surface area contributed by atoms with Crippen LogP contribution < -0.4 is 0 Å². The predicted molar refractivity (Wildman–Crippen MR) is 71.6 cm³/mol. The molecule has 18 heavy (non-hydrogen) atoms. The highest BCUT2D eigenvalue weighted by Crippen LogP contribution is 2.49. The van der Waals surface area contributed by atoms with Crippen LogP contribution in [0.25, 0.3) is 11.3 Å². The minimum Gasteiger partial charge on any atom is -0.393 e. The Bertz CT molecular complexity index is 526. The van der Waals surface area contributed by atoms with Crippen molar-refractivity contribution in [1.82, 2.24) is 9.55 Å². The fraction of sp³-hybridized carbons (Fsp3) is 0.500. The number of thiophene rings is 1. The number of aliphatic hydroxyl groups excluding tert-OH is 1. The van der Waals surface area contributed by atoms with Gasteiger partial charge in [-0.3, -0.25) is 0 Å². The summed E-state index contributed by atoms with van der Waals surface area (Å²) in [5, 5.41) is 11.9.